The normalized spacial score (nSPS) is 8.90. The fourth-order valence-corrected chi connectivity index (χ4v) is 0.821. The summed E-state index contributed by atoms with van der Waals surface area (Å²) in [5.41, 5.74) is 1.58. The lowest BCUT2D eigenvalue weighted by Crippen LogP contribution is -1.78. The smallest absolute Gasteiger partial charge is 0.205 e. The van der Waals surface area contributed by atoms with Gasteiger partial charge in [0.15, 0.2) is 0 Å². The molecule has 0 atom stereocenters. The molecule has 1 aromatic rings. The van der Waals surface area contributed by atoms with Crippen molar-refractivity contribution in [1.82, 2.24) is 4.98 Å². The minimum absolute atomic E-state index is 0.584. The van der Waals surface area contributed by atoms with E-state index in [4.69, 9.17) is 6.57 Å². The van der Waals surface area contributed by atoms with Gasteiger partial charge in [0, 0.05) is 6.20 Å². The summed E-state index contributed by atoms with van der Waals surface area (Å²) in [6.07, 6.45) is 1.55. The first-order valence-corrected chi connectivity index (χ1v) is 3.53. The summed E-state index contributed by atoms with van der Waals surface area (Å²) in [6, 6.07) is 1.80. The molecule has 0 radical (unpaired) electrons. The van der Waals surface area contributed by atoms with Gasteiger partial charge < -0.3 is 0 Å². The van der Waals surface area contributed by atoms with Crippen molar-refractivity contribution < 1.29 is 0 Å². The molecule has 0 unspecified atom stereocenters. The van der Waals surface area contributed by atoms with Gasteiger partial charge in [0.2, 0.25) is 5.69 Å². The molecule has 0 fully saturated rings. The highest BCUT2D eigenvalue weighted by Gasteiger charge is 1.95. The van der Waals surface area contributed by atoms with E-state index in [1.54, 1.807) is 12.3 Å². The molecule has 0 N–H and O–H groups in total. The second kappa shape index (κ2) is 2.80. The van der Waals surface area contributed by atoms with E-state index in [0.29, 0.717) is 5.69 Å². The summed E-state index contributed by atoms with van der Waals surface area (Å²) < 4.78 is 0.805. The number of halogens is 1. The molecule has 0 saturated heterocycles. The van der Waals surface area contributed by atoms with E-state index in [1.807, 2.05) is 6.92 Å². The molecule has 0 bridgehead atoms. The summed E-state index contributed by atoms with van der Waals surface area (Å²) in [7, 11) is 0. The Kier molecular flexibility index (Phi) is 2.03. The first-order valence-electron chi connectivity index (χ1n) is 2.73. The van der Waals surface area contributed by atoms with Gasteiger partial charge in [-0.1, -0.05) is 0 Å². The molecule has 0 aliphatic rings. The van der Waals surface area contributed by atoms with Crippen molar-refractivity contribution in [3.8, 4) is 0 Å². The summed E-state index contributed by atoms with van der Waals surface area (Å²) in [5, 5.41) is 0. The van der Waals surface area contributed by atoms with Crippen molar-refractivity contribution in [2.45, 2.75) is 6.92 Å². The molecule has 0 spiro atoms. The molecule has 1 aromatic heterocycles. The van der Waals surface area contributed by atoms with Crippen LogP contribution in [-0.2, 0) is 0 Å². The van der Waals surface area contributed by atoms with Crippen LogP contribution >= 0.6 is 15.9 Å². The lowest BCUT2D eigenvalue weighted by atomic mass is 10.3. The number of rotatable bonds is 0. The van der Waals surface area contributed by atoms with E-state index < -0.39 is 0 Å². The first-order chi connectivity index (χ1) is 4.74. The Morgan fingerprint density at radius 2 is 2.40 bits per heavy atom. The molecule has 1 heterocycles. The molecule has 3 heteroatoms. The topological polar surface area (TPSA) is 17.2 Å². The number of nitrogens with zero attached hydrogens (tertiary/aromatic N) is 2. The standard InChI is InChI=1S/C7H5BrN2/c1-5-3-6(9-2)4-10-7(5)8/h3-4H,1H3. The van der Waals surface area contributed by atoms with Crippen LogP contribution in [0, 0.1) is 13.5 Å². The van der Waals surface area contributed by atoms with Crippen LogP contribution in [0.2, 0.25) is 0 Å². The van der Waals surface area contributed by atoms with Crippen LogP contribution in [0.4, 0.5) is 5.69 Å². The van der Waals surface area contributed by atoms with Crippen molar-refractivity contribution in [3.63, 3.8) is 0 Å². The molecule has 0 aromatic carbocycles. The Morgan fingerprint density at radius 3 is 2.90 bits per heavy atom. The van der Waals surface area contributed by atoms with E-state index >= 15 is 0 Å². The van der Waals surface area contributed by atoms with Gasteiger partial charge in [-0.15, -0.1) is 0 Å². The van der Waals surface area contributed by atoms with Crippen molar-refractivity contribution in [2.24, 2.45) is 0 Å². The monoisotopic (exact) mass is 196 g/mol. The van der Waals surface area contributed by atoms with Gasteiger partial charge in [-0.25, -0.2) is 4.85 Å². The maximum atomic E-state index is 6.68. The SMILES string of the molecule is [C-]#[N+]c1cnc(Br)c(C)c1. The lowest BCUT2D eigenvalue weighted by molar-refractivity contribution is 1.23. The van der Waals surface area contributed by atoms with E-state index in [1.165, 1.54) is 0 Å². The highest BCUT2D eigenvalue weighted by molar-refractivity contribution is 9.10. The Morgan fingerprint density at radius 1 is 1.70 bits per heavy atom. The maximum Gasteiger partial charge on any atom is 0.205 e. The number of hydrogen-bond donors (Lipinski definition) is 0. The highest BCUT2D eigenvalue weighted by atomic mass is 79.9. The summed E-state index contributed by atoms with van der Waals surface area (Å²) in [5.74, 6) is 0. The second-order valence-electron chi connectivity index (χ2n) is 1.91. The van der Waals surface area contributed by atoms with Gasteiger partial charge in [0.05, 0.1) is 6.57 Å². The Labute approximate surface area is 67.9 Å². The number of aromatic nitrogens is 1. The molecular weight excluding hydrogens is 192 g/mol. The molecule has 10 heavy (non-hydrogen) atoms. The van der Waals surface area contributed by atoms with E-state index in [2.05, 4.69) is 25.8 Å². The van der Waals surface area contributed by atoms with E-state index in [-0.39, 0.29) is 0 Å². The third kappa shape index (κ3) is 1.34. The predicted octanol–water partition coefficient (Wildman–Crippen LogP) is 2.70. The Balaban J connectivity index is 3.20. The molecule has 0 aliphatic carbocycles. The van der Waals surface area contributed by atoms with Crippen molar-refractivity contribution in [2.75, 3.05) is 0 Å². The predicted molar refractivity (Wildman–Crippen MR) is 42.9 cm³/mol. The van der Waals surface area contributed by atoms with Gasteiger partial charge >= 0.3 is 0 Å². The lowest BCUT2D eigenvalue weighted by Gasteiger charge is -1.94. The summed E-state index contributed by atoms with van der Waals surface area (Å²) >= 11 is 3.24. The zero-order chi connectivity index (χ0) is 7.56. The van der Waals surface area contributed by atoms with Crippen LogP contribution in [0.25, 0.3) is 4.85 Å². The third-order valence-corrected chi connectivity index (χ3v) is 1.96. The molecule has 0 aliphatic heterocycles. The molecule has 50 valence electrons. The van der Waals surface area contributed by atoms with E-state index in [0.717, 1.165) is 10.2 Å². The van der Waals surface area contributed by atoms with Gasteiger partial charge in [-0.3, -0.25) is 4.98 Å². The minimum Gasteiger partial charge on any atom is -0.261 e. The fraction of sp³-hybridized carbons (Fsp3) is 0.143. The van der Waals surface area contributed by atoms with Crippen molar-refractivity contribution >= 4 is 21.6 Å². The second-order valence-corrected chi connectivity index (χ2v) is 2.66. The average molecular weight is 197 g/mol. The van der Waals surface area contributed by atoms with Crippen LogP contribution in [0.3, 0.4) is 0 Å². The zero-order valence-electron chi connectivity index (χ0n) is 5.43. The first kappa shape index (κ1) is 7.23. The molecule has 2 nitrogen and oxygen atoms in total. The summed E-state index contributed by atoms with van der Waals surface area (Å²) in [4.78, 5) is 7.19. The molecular formula is C7H5BrN2. The van der Waals surface area contributed by atoms with Gasteiger partial charge in [-0.05, 0) is 34.5 Å². The van der Waals surface area contributed by atoms with Crippen molar-refractivity contribution in [3.05, 3.63) is 33.8 Å². The van der Waals surface area contributed by atoms with Gasteiger partial charge in [0.25, 0.3) is 0 Å². The zero-order valence-corrected chi connectivity index (χ0v) is 7.01. The Hall–Kier alpha value is -0.880. The minimum atomic E-state index is 0.584. The molecule has 0 saturated carbocycles. The quantitative estimate of drug-likeness (QED) is 0.461. The van der Waals surface area contributed by atoms with Gasteiger partial charge in [-0.2, -0.15) is 0 Å². The number of aryl methyl sites for hydroxylation is 1. The molecule has 0 amide bonds. The van der Waals surface area contributed by atoms with Gasteiger partial charge in [0.1, 0.15) is 4.60 Å². The largest absolute Gasteiger partial charge is 0.261 e. The Bertz CT molecular complexity index is 288. The molecule has 1 rings (SSSR count). The van der Waals surface area contributed by atoms with Crippen LogP contribution < -0.4 is 0 Å². The number of hydrogen-bond acceptors (Lipinski definition) is 1. The van der Waals surface area contributed by atoms with Crippen molar-refractivity contribution in [1.29, 1.82) is 0 Å². The average Bonchev–Trinajstić information content (AvgIpc) is 1.95. The van der Waals surface area contributed by atoms with Crippen LogP contribution in [0.5, 0.6) is 0 Å². The fourth-order valence-electron chi connectivity index (χ4n) is 0.604. The van der Waals surface area contributed by atoms with Crippen LogP contribution in [-0.4, -0.2) is 4.98 Å². The van der Waals surface area contributed by atoms with Crippen LogP contribution in [0.15, 0.2) is 16.9 Å². The van der Waals surface area contributed by atoms with E-state index in [9.17, 15) is 0 Å². The number of pyridine rings is 1. The highest BCUT2D eigenvalue weighted by Crippen LogP contribution is 2.18. The maximum absolute atomic E-state index is 6.68. The summed E-state index contributed by atoms with van der Waals surface area (Å²) in [6.45, 7) is 8.59. The van der Waals surface area contributed by atoms with Crippen LogP contribution in [0.1, 0.15) is 5.56 Å². The third-order valence-electron chi connectivity index (χ3n) is 1.13.